The van der Waals surface area contributed by atoms with Crippen molar-refractivity contribution in [2.24, 2.45) is 0 Å². The largest absolute Gasteiger partial charge is 0.397 e. The fraction of sp³-hybridized carbons (Fsp3) is 0. The number of nitrogen functional groups attached to an aromatic ring is 1. The molecule has 0 saturated carbocycles. The first-order chi connectivity index (χ1) is 9.38. The molecule has 1 amide bonds. The van der Waals surface area contributed by atoms with E-state index in [-0.39, 0.29) is 10.7 Å². The molecule has 2 rings (SSSR count). The van der Waals surface area contributed by atoms with E-state index in [0.717, 1.165) is 13.4 Å². The Kier molecular flexibility index (Phi) is 5.06. The average Bonchev–Trinajstić information content (AvgIpc) is 2.36. The second kappa shape index (κ2) is 6.43. The molecule has 0 spiro atoms. The SMILES string of the molecule is Nc1cnc(Cl)c(C(=O)Nc2c(Br)cc(Br)cc2Br)c1. The highest BCUT2D eigenvalue weighted by atomic mass is 79.9. The molecule has 2 aromatic rings. The maximum atomic E-state index is 12.2. The van der Waals surface area contributed by atoms with Crippen LogP contribution < -0.4 is 11.1 Å². The van der Waals surface area contributed by atoms with Crippen molar-refractivity contribution >= 4 is 76.7 Å². The first kappa shape index (κ1) is 15.8. The second-order valence-electron chi connectivity index (χ2n) is 3.81. The van der Waals surface area contributed by atoms with Crippen LogP contribution in [0.3, 0.4) is 0 Å². The fourth-order valence-electron chi connectivity index (χ4n) is 1.47. The molecule has 1 aromatic heterocycles. The van der Waals surface area contributed by atoms with Gasteiger partial charge in [-0.05, 0) is 50.1 Å². The van der Waals surface area contributed by atoms with E-state index in [1.54, 1.807) is 0 Å². The molecule has 0 aliphatic rings. The lowest BCUT2D eigenvalue weighted by Crippen LogP contribution is -2.14. The minimum absolute atomic E-state index is 0.0982. The van der Waals surface area contributed by atoms with Gasteiger partial charge in [-0.25, -0.2) is 4.98 Å². The van der Waals surface area contributed by atoms with E-state index in [9.17, 15) is 4.79 Å². The van der Waals surface area contributed by atoms with Gasteiger partial charge in [-0.15, -0.1) is 0 Å². The topological polar surface area (TPSA) is 68.0 Å². The van der Waals surface area contributed by atoms with Crippen molar-refractivity contribution in [3.05, 3.63) is 48.5 Å². The third kappa shape index (κ3) is 3.52. The molecule has 0 unspecified atom stereocenters. The zero-order valence-corrected chi connectivity index (χ0v) is 15.3. The highest BCUT2D eigenvalue weighted by Gasteiger charge is 2.15. The zero-order chi connectivity index (χ0) is 14.9. The van der Waals surface area contributed by atoms with Gasteiger partial charge < -0.3 is 11.1 Å². The lowest BCUT2D eigenvalue weighted by Gasteiger charge is -2.11. The van der Waals surface area contributed by atoms with E-state index in [2.05, 4.69) is 58.1 Å². The summed E-state index contributed by atoms with van der Waals surface area (Å²) in [6.45, 7) is 0. The smallest absolute Gasteiger partial charge is 0.258 e. The molecule has 8 heteroatoms. The Hall–Kier alpha value is -0.630. The predicted molar refractivity (Wildman–Crippen MR) is 91.2 cm³/mol. The summed E-state index contributed by atoms with van der Waals surface area (Å²) in [5.74, 6) is -0.390. The lowest BCUT2D eigenvalue weighted by atomic mass is 10.2. The molecule has 3 N–H and O–H groups in total. The van der Waals surface area contributed by atoms with Crippen LogP contribution in [0.4, 0.5) is 11.4 Å². The maximum absolute atomic E-state index is 12.2. The molecule has 0 saturated heterocycles. The number of aromatic nitrogens is 1. The first-order valence-corrected chi connectivity index (χ1v) is 8.01. The number of amides is 1. The summed E-state index contributed by atoms with van der Waals surface area (Å²) >= 11 is 16.0. The number of rotatable bonds is 2. The van der Waals surface area contributed by atoms with Gasteiger partial charge in [0.1, 0.15) is 5.15 Å². The summed E-state index contributed by atoms with van der Waals surface area (Å²) in [4.78, 5) is 16.1. The number of nitrogens with two attached hydrogens (primary N) is 1. The van der Waals surface area contributed by atoms with Gasteiger partial charge in [-0.1, -0.05) is 27.5 Å². The van der Waals surface area contributed by atoms with Crippen LogP contribution in [0.25, 0.3) is 0 Å². The van der Waals surface area contributed by atoms with Crippen LogP contribution in [0.5, 0.6) is 0 Å². The first-order valence-electron chi connectivity index (χ1n) is 5.25. The van der Waals surface area contributed by atoms with Gasteiger partial charge in [-0.3, -0.25) is 4.79 Å². The third-order valence-electron chi connectivity index (χ3n) is 2.35. The Bertz CT molecular complexity index is 671. The van der Waals surface area contributed by atoms with Crippen LogP contribution in [0, 0.1) is 0 Å². The molecular formula is C12H7Br3ClN3O. The van der Waals surface area contributed by atoms with Gasteiger partial charge in [0, 0.05) is 13.4 Å². The molecular weight excluding hydrogens is 477 g/mol. The Balaban J connectivity index is 2.35. The highest BCUT2D eigenvalue weighted by molar-refractivity contribution is 9.11. The van der Waals surface area contributed by atoms with Crippen molar-refractivity contribution in [2.75, 3.05) is 11.1 Å². The van der Waals surface area contributed by atoms with Crippen molar-refractivity contribution in [2.45, 2.75) is 0 Å². The van der Waals surface area contributed by atoms with Crippen LogP contribution >= 0.6 is 59.4 Å². The number of nitrogens with one attached hydrogen (secondary N) is 1. The van der Waals surface area contributed by atoms with Crippen molar-refractivity contribution in [3.63, 3.8) is 0 Å². The molecule has 0 aliphatic heterocycles. The number of carbonyl (C=O) groups is 1. The molecule has 0 bridgehead atoms. The van der Waals surface area contributed by atoms with E-state index in [0.29, 0.717) is 11.4 Å². The van der Waals surface area contributed by atoms with Crippen molar-refractivity contribution < 1.29 is 4.79 Å². The number of halogens is 4. The lowest BCUT2D eigenvalue weighted by molar-refractivity contribution is 0.102. The number of nitrogens with zero attached hydrogens (tertiary/aromatic N) is 1. The molecule has 20 heavy (non-hydrogen) atoms. The fourth-order valence-corrected chi connectivity index (χ4v) is 4.11. The van der Waals surface area contributed by atoms with E-state index in [4.69, 9.17) is 17.3 Å². The van der Waals surface area contributed by atoms with Crippen LogP contribution in [-0.2, 0) is 0 Å². The van der Waals surface area contributed by atoms with Crippen LogP contribution in [0.2, 0.25) is 5.15 Å². The number of pyridine rings is 1. The summed E-state index contributed by atoms with van der Waals surface area (Å²) in [6, 6.07) is 5.12. The molecule has 0 radical (unpaired) electrons. The quantitative estimate of drug-likeness (QED) is 0.599. The standard InChI is InChI=1S/C12H7Br3ClN3O/c13-5-1-8(14)10(9(15)2-5)19-12(20)7-3-6(17)4-18-11(7)16/h1-4H,17H2,(H,19,20). The summed E-state index contributed by atoms with van der Waals surface area (Å²) in [6.07, 6.45) is 1.39. The number of hydrogen-bond donors (Lipinski definition) is 2. The van der Waals surface area contributed by atoms with Gasteiger partial charge in [0.2, 0.25) is 0 Å². The minimum Gasteiger partial charge on any atom is -0.397 e. The monoisotopic (exact) mass is 481 g/mol. The molecule has 0 aliphatic carbocycles. The summed E-state index contributed by atoms with van der Waals surface area (Å²) in [5.41, 5.74) is 6.79. The van der Waals surface area contributed by atoms with E-state index < -0.39 is 5.91 Å². The van der Waals surface area contributed by atoms with Gasteiger partial charge in [-0.2, -0.15) is 0 Å². The van der Waals surface area contributed by atoms with E-state index in [1.807, 2.05) is 12.1 Å². The van der Waals surface area contributed by atoms with E-state index in [1.165, 1.54) is 12.3 Å². The number of hydrogen-bond acceptors (Lipinski definition) is 3. The normalized spacial score (nSPS) is 10.4. The molecule has 104 valence electrons. The van der Waals surface area contributed by atoms with Crippen molar-refractivity contribution in [1.82, 2.24) is 4.98 Å². The number of benzene rings is 1. The summed E-state index contributed by atoms with van der Waals surface area (Å²) in [7, 11) is 0. The minimum atomic E-state index is -0.390. The number of anilines is 2. The Morgan fingerprint density at radius 2 is 1.80 bits per heavy atom. The average molecular weight is 484 g/mol. The molecule has 0 atom stereocenters. The molecule has 1 aromatic carbocycles. The zero-order valence-electron chi connectivity index (χ0n) is 9.75. The Morgan fingerprint density at radius 3 is 2.40 bits per heavy atom. The van der Waals surface area contributed by atoms with Crippen LogP contribution in [-0.4, -0.2) is 10.9 Å². The summed E-state index contributed by atoms with van der Waals surface area (Å²) < 4.78 is 2.32. The maximum Gasteiger partial charge on any atom is 0.258 e. The highest BCUT2D eigenvalue weighted by Crippen LogP contribution is 2.34. The third-order valence-corrected chi connectivity index (χ3v) is 4.36. The van der Waals surface area contributed by atoms with Crippen LogP contribution in [0.15, 0.2) is 37.8 Å². The van der Waals surface area contributed by atoms with Crippen molar-refractivity contribution in [1.29, 1.82) is 0 Å². The molecule has 1 heterocycles. The van der Waals surface area contributed by atoms with E-state index >= 15 is 0 Å². The second-order valence-corrected chi connectivity index (χ2v) is 6.79. The van der Waals surface area contributed by atoms with Crippen molar-refractivity contribution in [3.8, 4) is 0 Å². The van der Waals surface area contributed by atoms with Gasteiger partial charge in [0.15, 0.2) is 0 Å². The molecule has 0 fully saturated rings. The summed E-state index contributed by atoms with van der Waals surface area (Å²) in [5, 5.41) is 2.85. The Morgan fingerprint density at radius 1 is 1.20 bits per heavy atom. The van der Waals surface area contributed by atoms with Crippen LogP contribution in [0.1, 0.15) is 10.4 Å². The van der Waals surface area contributed by atoms with Gasteiger partial charge in [0.05, 0.1) is 23.1 Å². The number of carbonyl (C=O) groups excluding carboxylic acids is 1. The Labute approximate surface area is 145 Å². The van der Waals surface area contributed by atoms with Gasteiger partial charge in [0.25, 0.3) is 5.91 Å². The van der Waals surface area contributed by atoms with Gasteiger partial charge >= 0.3 is 0 Å². The molecule has 4 nitrogen and oxygen atoms in total. The predicted octanol–water partition coefficient (Wildman–Crippen LogP) is 4.86.